The van der Waals surface area contributed by atoms with E-state index in [1.807, 2.05) is 27.9 Å². The highest BCUT2D eigenvalue weighted by Gasteiger charge is 2.46. The van der Waals surface area contributed by atoms with Gasteiger partial charge in [-0.15, -0.1) is 0 Å². The molecule has 0 radical (unpaired) electrons. The molecule has 0 spiro atoms. The number of nitriles is 1. The van der Waals surface area contributed by atoms with Crippen LogP contribution in [0.4, 0.5) is 10.1 Å². The highest BCUT2D eigenvalue weighted by Crippen LogP contribution is 2.38. The van der Waals surface area contributed by atoms with Crippen LogP contribution in [-0.2, 0) is 21.7 Å². The third-order valence-electron chi connectivity index (χ3n) is 7.21. The number of carbonyl (C=O) groups is 1. The van der Waals surface area contributed by atoms with Crippen molar-refractivity contribution in [1.29, 1.82) is 5.26 Å². The Morgan fingerprint density at radius 1 is 1.23 bits per heavy atom. The van der Waals surface area contributed by atoms with Gasteiger partial charge in [-0.3, -0.25) is 4.68 Å². The summed E-state index contributed by atoms with van der Waals surface area (Å²) in [5.41, 5.74) is 2.20. The first-order chi connectivity index (χ1) is 19.1. The van der Waals surface area contributed by atoms with Crippen LogP contribution < -0.4 is 4.90 Å². The van der Waals surface area contributed by atoms with Crippen LogP contribution in [0.3, 0.4) is 0 Å². The fraction of sp³-hybridized carbons (Fsp3) is 0.393. The molecule has 1 fully saturated rings. The van der Waals surface area contributed by atoms with Gasteiger partial charge >= 0.3 is 5.97 Å². The van der Waals surface area contributed by atoms with E-state index in [2.05, 4.69) is 45.5 Å². The molecule has 0 saturated carbocycles. The first-order valence-electron chi connectivity index (χ1n) is 13.1. The average Bonchev–Trinajstić information content (AvgIpc) is 3.56. The molecule has 1 aliphatic heterocycles. The molecule has 0 bridgehead atoms. The van der Waals surface area contributed by atoms with Crippen LogP contribution in [0.5, 0.6) is 0 Å². The molecule has 0 N–H and O–H groups in total. The zero-order valence-electron chi connectivity index (χ0n) is 23.1. The number of carbonyl (C=O) groups excluding carboxylic acids is 1. The van der Waals surface area contributed by atoms with Crippen molar-refractivity contribution < 1.29 is 18.7 Å². The Morgan fingerprint density at radius 3 is 2.73 bits per heavy atom. The molecule has 1 aliphatic rings. The number of halogens is 1. The minimum atomic E-state index is -1.17. The van der Waals surface area contributed by atoms with Gasteiger partial charge in [0.25, 0.3) is 0 Å². The Bertz CT molecular complexity index is 1580. The number of fused-ring (bicyclic) bond motifs is 1. The van der Waals surface area contributed by atoms with Gasteiger partial charge in [0.15, 0.2) is 0 Å². The molecular formula is C28H32FN7O3Si. The fourth-order valence-corrected chi connectivity index (χ4v) is 5.67. The van der Waals surface area contributed by atoms with Gasteiger partial charge in [0.05, 0.1) is 42.7 Å². The van der Waals surface area contributed by atoms with Crippen molar-refractivity contribution in [2.75, 3.05) is 31.7 Å². The smallest absolute Gasteiger partial charge is 0.337 e. The van der Waals surface area contributed by atoms with Gasteiger partial charge in [-0.2, -0.15) is 10.4 Å². The van der Waals surface area contributed by atoms with E-state index in [4.69, 9.17) is 4.74 Å². The number of ether oxygens (including phenoxy) is 2. The third kappa shape index (κ3) is 5.35. The lowest BCUT2D eigenvalue weighted by molar-refractivity contribution is 0.0600. The van der Waals surface area contributed by atoms with Crippen molar-refractivity contribution in [3.05, 3.63) is 60.6 Å². The van der Waals surface area contributed by atoms with Crippen molar-refractivity contribution >= 4 is 30.8 Å². The molecule has 1 aromatic carbocycles. The van der Waals surface area contributed by atoms with Crippen LogP contribution in [-0.4, -0.2) is 65.2 Å². The highest BCUT2D eigenvalue weighted by molar-refractivity contribution is 6.76. The van der Waals surface area contributed by atoms with E-state index >= 15 is 0 Å². The summed E-state index contributed by atoms with van der Waals surface area (Å²) >= 11 is 0. The summed E-state index contributed by atoms with van der Waals surface area (Å²) in [7, 11) is 0.0889. The standard InChI is InChI=1S/C28H32FN7O3Si/c1-38-27(37)20-5-6-24(23(29)13-20)35-16-28(17-35,8-9-30)36-15-21(14-33-36)25-22-7-10-34(26(22)32-18-31-25)19-39-11-12-40(2,3)4/h5-7,10,13-15,18H,8,11-12,16-17,19H2,1-4H3. The van der Waals surface area contributed by atoms with E-state index in [-0.39, 0.29) is 12.0 Å². The van der Waals surface area contributed by atoms with E-state index in [0.29, 0.717) is 25.5 Å². The number of benzene rings is 1. The van der Waals surface area contributed by atoms with E-state index in [9.17, 15) is 14.4 Å². The molecule has 40 heavy (non-hydrogen) atoms. The average molecular weight is 562 g/mol. The molecule has 0 aliphatic carbocycles. The number of hydrogen-bond acceptors (Lipinski definition) is 8. The second-order valence-electron chi connectivity index (χ2n) is 11.3. The zero-order chi connectivity index (χ0) is 28.5. The molecule has 1 saturated heterocycles. The maximum Gasteiger partial charge on any atom is 0.337 e. The first-order valence-corrected chi connectivity index (χ1v) is 16.8. The molecular weight excluding hydrogens is 529 g/mol. The van der Waals surface area contributed by atoms with Gasteiger partial charge in [0.1, 0.15) is 30.1 Å². The Morgan fingerprint density at radius 2 is 2.02 bits per heavy atom. The van der Waals surface area contributed by atoms with Crippen molar-refractivity contribution in [3.63, 3.8) is 0 Å². The van der Waals surface area contributed by atoms with Gasteiger partial charge in [-0.1, -0.05) is 19.6 Å². The summed E-state index contributed by atoms with van der Waals surface area (Å²) in [5, 5.41) is 15.1. The lowest BCUT2D eigenvalue weighted by Crippen LogP contribution is -2.63. The number of aromatic nitrogens is 5. The van der Waals surface area contributed by atoms with Gasteiger partial charge < -0.3 is 18.9 Å². The number of hydrogen-bond donors (Lipinski definition) is 0. The number of methoxy groups -OCH3 is 1. The monoisotopic (exact) mass is 561 g/mol. The fourth-order valence-electron chi connectivity index (χ4n) is 4.91. The number of esters is 1. The van der Waals surface area contributed by atoms with Gasteiger partial charge in [-0.25, -0.2) is 19.2 Å². The first kappa shape index (κ1) is 27.5. The van der Waals surface area contributed by atoms with Crippen LogP contribution in [0.15, 0.2) is 49.2 Å². The molecule has 4 aromatic rings. The zero-order valence-corrected chi connectivity index (χ0v) is 24.1. The minimum Gasteiger partial charge on any atom is -0.465 e. The SMILES string of the molecule is COC(=O)c1ccc(N2CC(CC#N)(n3cc(-c4ncnc5c4ccn5COCC[Si](C)(C)C)cn3)C2)c(F)c1. The largest absolute Gasteiger partial charge is 0.465 e. The normalized spacial score (nSPS) is 14.7. The predicted molar refractivity (Wildman–Crippen MR) is 151 cm³/mol. The van der Waals surface area contributed by atoms with Crippen molar-refractivity contribution in [1.82, 2.24) is 24.3 Å². The summed E-state index contributed by atoms with van der Waals surface area (Å²) in [6, 6.07) is 9.59. The van der Waals surface area contributed by atoms with Crippen molar-refractivity contribution in [3.8, 4) is 17.3 Å². The van der Waals surface area contributed by atoms with Crippen molar-refractivity contribution in [2.24, 2.45) is 0 Å². The second-order valence-corrected chi connectivity index (χ2v) is 17.0. The number of rotatable bonds is 10. The topological polar surface area (TPSA) is 111 Å². The minimum absolute atomic E-state index is 0.146. The molecule has 0 amide bonds. The molecule has 4 heterocycles. The maximum absolute atomic E-state index is 14.8. The predicted octanol–water partition coefficient (Wildman–Crippen LogP) is 4.66. The van der Waals surface area contributed by atoms with Gasteiger partial charge in [-0.05, 0) is 30.3 Å². The summed E-state index contributed by atoms with van der Waals surface area (Å²) < 4.78 is 29.2. The quantitative estimate of drug-likeness (QED) is 0.156. The van der Waals surface area contributed by atoms with Crippen LogP contribution >= 0.6 is 0 Å². The molecule has 3 aromatic heterocycles. The van der Waals surface area contributed by atoms with Crippen LogP contribution in [0, 0.1) is 17.1 Å². The Labute approximate surface area is 233 Å². The number of anilines is 1. The second kappa shape index (κ2) is 10.8. The molecule has 12 heteroatoms. The third-order valence-corrected chi connectivity index (χ3v) is 8.92. The Hall–Kier alpha value is -4.08. The van der Waals surface area contributed by atoms with E-state index in [1.54, 1.807) is 16.9 Å². The lowest BCUT2D eigenvalue weighted by atomic mass is 9.86. The molecule has 5 rings (SSSR count). The van der Waals surface area contributed by atoms with E-state index in [1.165, 1.54) is 25.6 Å². The summed E-state index contributed by atoms with van der Waals surface area (Å²) in [4.78, 5) is 22.6. The van der Waals surface area contributed by atoms with E-state index in [0.717, 1.165) is 34.9 Å². The molecule has 0 atom stereocenters. The van der Waals surface area contributed by atoms with Crippen LogP contribution in [0.25, 0.3) is 22.3 Å². The Balaban J connectivity index is 1.34. The van der Waals surface area contributed by atoms with Gasteiger partial charge in [0.2, 0.25) is 0 Å². The lowest BCUT2D eigenvalue weighted by Gasteiger charge is -2.50. The number of nitrogens with zero attached hydrogens (tertiary/aromatic N) is 7. The Kier molecular flexibility index (Phi) is 7.44. The van der Waals surface area contributed by atoms with E-state index < -0.39 is 25.4 Å². The summed E-state index contributed by atoms with van der Waals surface area (Å²) in [5.74, 6) is -1.12. The van der Waals surface area contributed by atoms with Gasteiger partial charge in [0, 0.05) is 51.1 Å². The maximum atomic E-state index is 14.8. The van der Waals surface area contributed by atoms with Crippen molar-refractivity contribution in [2.45, 2.75) is 44.4 Å². The molecule has 208 valence electrons. The molecule has 0 unspecified atom stereocenters. The summed E-state index contributed by atoms with van der Waals surface area (Å²) in [6.45, 7) is 8.89. The summed E-state index contributed by atoms with van der Waals surface area (Å²) in [6.07, 6.45) is 7.30. The molecule has 10 nitrogen and oxygen atoms in total. The van der Waals surface area contributed by atoms with Crippen LogP contribution in [0.2, 0.25) is 25.7 Å². The highest BCUT2D eigenvalue weighted by atomic mass is 28.3. The van der Waals surface area contributed by atoms with Crippen LogP contribution in [0.1, 0.15) is 16.8 Å².